The van der Waals surface area contributed by atoms with E-state index >= 15 is 0 Å². The van der Waals surface area contributed by atoms with Crippen LogP contribution in [-0.4, -0.2) is 72.2 Å². The molecule has 1 fully saturated rings. The van der Waals surface area contributed by atoms with E-state index in [1.54, 1.807) is 0 Å². The van der Waals surface area contributed by atoms with Crippen LogP contribution in [0.4, 0.5) is 0 Å². The van der Waals surface area contributed by atoms with Gasteiger partial charge in [-0.05, 0) is 0 Å². The summed E-state index contributed by atoms with van der Waals surface area (Å²) in [5, 5.41) is 16.6. The minimum atomic E-state index is -0.356. The largest absolute Gasteiger partial charge is 0.390 e. The van der Waals surface area contributed by atoms with Crippen LogP contribution in [0.25, 0.3) is 0 Å². The van der Waals surface area contributed by atoms with Crippen LogP contribution >= 0.6 is 0 Å². The van der Waals surface area contributed by atoms with Gasteiger partial charge in [-0.15, -0.1) is 0 Å². The summed E-state index contributed by atoms with van der Waals surface area (Å²) in [5.41, 5.74) is 0. The molecule has 102 valence electrons. The number of hydrogen-bond acceptors (Lipinski definition) is 7. The summed E-state index contributed by atoms with van der Waals surface area (Å²) in [6.45, 7) is 5.32. The van der Waals surface area contributed by atoms with E-state index in [-0.39, 0.29) is 6.10 Å². The van der Waals surface area contributed by atoms with Gasteiger partial charge in [0.05, 0.1) is 19.3 Å². The van der Waals surface area contributed by atoms with Gasteiger partial charge in [-0.2, -0.15) is 4.98 Å². The van der Waals surface area contributed by atoms with Crippen molar-refractivity contribution in [1.29, 1.82) is 0 Å². The number of β-amino-alcohol motifs (C(OH)–C–C–N with tert-alkyl or cyclic N) is 1. The lowest BCUT2D eigenvalue weighted by Crippen LogP contribution is -2.43. The molecule has 0 amide bonds. The Morgan fingerprint density at radius 2 is 2.28 bits per heavy atom. The third-order valence-electron chi connectivity index (χ3n) is 2.88. The average molecular weight is 256 g/mol. The molecule has 1 aromatic rings. The first-order valence-electron chi connectivity index (χ1n) is 6.29. The van der Waals surface area contributed by atoms with E-state index in [2.05, 4.69) is 20.4 Å². The van der Waals surface area contributed by atoms with E-state index in [1.807, 2.05) is 0 Å². The van der Waals surface area contributed by atoms with Crippen LogP contribution in [0.2, 0.25) is 0 Å². The molecule has 2 N–H and O–H groups in total. The lowest BCUT2D eigenvalue weighted by Gasteiger charge is -2.28. The standard InChI is InChI=1S/C11H20N4O3/c16-10(8-15-3-5-17-6-4-15)7-12-2-1-11-13-9-14-18-11/h9-10,12,16H,1-8H2. The fourth-order valence-electron chi connectivity index (χ4n) is 1.92. The van der Waals surface area contributed by atoms with Crippen LogP contribution in [0.3, 0.4) is 0 Å². The van der Waals surface area contributed by atoms with Crippen LogP contribution in [0.1, 0.15) is 5.89 Å². The zero-order chi connectivity index (χ0) is 12.6. The highest BCUT2D eigenvalue weighted by Gasteiger charge is 2.14. The highest BCUT2D eigenvalue weighted by Crippen LogP contribution is 1.98. The second-order valence-corrected chi connectivity index (χ2v) is 4.36. The third-order valence-corrected chi connectivity index (χ3v) is 2.88. The van der Waals surface area contributed by atoms with Crippen molar-refractivity contribution >= 4 is 0 Å². The van der Waals surface area contributed by atoms with E-state index in [1.165, 1.54) is 6.33 Å². The third kappa shape index (κ3) is 4.69. The zero-order valence-electron chi connectivity index (χ0n) is 10.4. The SMILES string of the molecule is OC(CNCCc1ncno1)CN1CCOCC1. The fourth-order valence-corrected chi connectivity index (χ4v) is 1.92. The second kappa shape index (κ2) is 7.42. The number of ether oxygens (including phenoxy) is 1. The van der Waals surface area contributed by atoms with Crippen molar-refractivity contribution in [2.75, 3.05) is 45.9 Å². The van der Waals surface area contributed by atoms with Crippen LogP contribution in [0.5, 0.6) is 0 Å². The molecule has 1 aliphatic heterocycles. The molecule has 2 rings (SSSR count). The Labute approximate surface area is 106 Å². The Kier molecular flexibility index (Phi) is 5.53. The lowest BCUT2D eigenvalue weighted by atomic mass is 10.3. The first-order chi connectivity index (χ1) is 8.84. The van der Waals surface area contributed by atoms with Crippen molar-refractivity contribution in [1.82, 2.24) is 20.4 Å². The minimum Gasteiger partial charge on any atom is -0.390 e. The first-order valence-corrected chi connectivity index (χ1v) is 6.29. The number of hydrogen-bond donors (Lipinski definition) is 2. The molecule has 0 bridgehead atoms. The van der Waals surface area contributed by atoms with Crippen molar-refractivity contribution in [3.63, 3.8) is 0 Å². The molecule has 0 radical (unpaired) electrons. The van der Waals surface area contributed by atoms with E-state index in [9.17, 15) is 5.11 Å². The Bertz CT molecular complexity index is 314. The molecule has 7 nitrogen and oxygen atoms in total. The number of aromatic nitrogens is 2. The molecule has 1 atom stereocenters. The van der Waals surface area contributed by atoms with Gasteiger partial charge in [0.25, 0.3) is 0 Å². The highest BCUT2D eigenvalue weighted by atomic mass is 16.5. The Morgan fingerprint density at radius 3 is 3.00 bits per heavy atom. The Hall–Kier alpha value is -1.02. The molecule has 0 saturated carbocycles. The van der Waals surface area contributed by atoms with Gasteiger partial charge in [-0.25, -0.2) is 0 Å². The summed E-state index contributed by atoms with van der Waals surface area (Å²) in [7, 11) is 0. The van der Waals surface area contributed by atoms with Gasteiger partial charge in [0.2, 0.25) is 5.89 Å². The smallest absolute Gasteiger partial charge is 0.227 e. The van der Waals surface area contributed by atoms with Gasteiger partial charge in [-0.1, -0.05) is 5.16 Å². The number of morpholine rings is 1. The summed E-state index contributed by atoms with van der Waals surface area (Å²) in [4.78, 5) is 6.14. The van der Waals surface area contributed by atoms with Crippen LogP contribution in [-0.2, 0) is 11.2 Å². The quantitative estimate of drug-likeness (QED) is 0.599. The molecule has 1 unspecified atom stereocenters. The minimum absolute atomic E-state index is 0.356. The Balaban J connectivity index is 1.52. The van der Waals surface area contributed by atoms with Crippen molar-refractivity contribution in [3.8, 4) is 0 Å². The number of aliphatic hydroxyl groups is 1. The normalized spacial score (nSPS) is 18.9. The van der Waals surface area contributed by atoms with E-state index in [4.69, 9.17) is 9.26 Å². The molecular formula is C11H20N4O3. The van der Waals surface area contributed by atoms with Crippen LogP contribution < -0.4 is 5.32 Å². The zero-order valence-corrected chi connectivity index (χ0v) is 10.4. The maximum atomic E-state index is 9.86. The van der Waals surface area contributed by atoms with Crippen LogP contribution in [0.15, 0.2) is 10.9 Å². The molecule has 2 heterocycles. The number of nitrogens with zero attached hydrogens (tertiary/aromatic N) is 3. The predicted molar refractivity (Wildman–Crippen MR) is 64.1 cm³/mol. The van der Waals surface area contributed by atoms with Gasteiger partial charge in [-0.3, -0.25) is 4.90 Å². The predicted octanol–water partition coefficient (Wildman–Crippen LogP) is -1.11. The lowest BCUT2D eigenvalue weighted by molar-refractivity contribution is 0.0150. The van der Waals surface area contributed by atoms with Crippen LogP contribution in [0, 0.1) is 0 Å². The fraction of sp³-hybridized carbons (Fsp3) is 0.818. The van der Waals surface area contributed by atoms with Crippen molar-refractivity contribution in [2.24, 2.45) is 0 Å². The number of nitrogens with one attached hydrogen (secondary N) is 1. The van der Waals surface area contributed by atoms with Gasteiger partial charge in [0, 0.05) is 39.1 Å². The molecule has 0 spiro atoms. The molecule has 1 aliphatic rings. The molecule has 18 heavy (non-hydrogen) atoms. The molecule has 0 aromatic carbocycles. The topological polar surface area (TPSA) is 83.7 Å². The summed E-state index contributed by atoms with van der Waals surface area (Å²) in [5.74, 6) is 0.616. The molecular weight excluding hydrogens is 236 g/mol. The molecule has 1 aromatic heterocycles. The molecule has 0 aliphatic carbocycles. The Morgan fingerprint density at radius 1 is 1.44 bits per heavy atom. The van der Waals surface area contributed by atoms with Gasteiger partial charge < -0.3 is 19.7 Å². The van der Waals surface area contributed by atoms with E-state index in [0.717, 1.165) is 32.8 Å². The van der Waals surface area contributed by atoms with Crippen molar-refractivity contribution < 1.29 is 14.4 Å². The second-order valence-electron chi connectivity index (χ2n) is 4.36. The van der Waals surface area contributed by atoms with Gasteiger partial charge >= 0.3 is 0 Å². The summed E-state index contributed by atoms with van der Waals surface area (Å²) in [6.07, 6.45) is 1.72. The summed E-state index contributed by atoms with van der Waals surface area (Å²) < 4.78 is 10.1. The van der Waals surface area contributed by atoms with Gasteiger partial charge in [0.15, 0.2) is 6.33 Å². The van der Waals surface area contributed by atoms with Gasteiger partial charge in [0.1, 0.15) is 0 Å². The number of aliphatic hydroxyl groups excluding tert-OH is 1. The summed E-state index contributed by atoms with van der Waals surface area (Å²) in [6, 6.07) is 0. The summed E-state index contributed by atoms with van der Waals surface area (Å²) >= 11 is 0. The van der Waals surface area contributed by atoms with Crippen molar-refractivity contribution in [2.45, 2.75) is 12.5 Å². The highest BCUT2D eigenvalue weighted by molar-refractivity contribution is 4.76. The van der Waals surface area contributed by atoms with E-state index < -0.39 is 0 Å². The molecule has 7 heteroatoms. The van der Waals surface area contributed by atoms with E-state index in [0.29, 0.717) is 25.4 Å². The van der Waals surface area contributed by atoms with Crippen molar-refractivity contribution in [3.05, 3.63) is 12.2 Å². The number of rotatable bonds is 7. The average Bonchev–Trinajstić information content (AvgIpc) is 2.89. The first kappa shape index (κ1) is 13.4. The maximum Gasteiger partial charge on any atom is 0.227 e. The monoisotopic (exact) mass is 256 g/mol. The maximum absolute atomic E-state index is 9.86. The molecule has 1 saturated heterocycles.